The fourth-order valence-electron chi connectivity index (χ4n) is 2.51. The molecule has 0 radical (unpaired) electrons. The first kappa shape index (κ1) is 15.0. The minimum atomic E-state index is 0.405. The summed E-state index contributed by atoms with van der Waals surface area (Å²) in [6.45, 7) is 7.42. The van der Waals surface area contributed by atoms with Crippen molar-refractivity contribution >= 4 is 11.3 Å². The molecule has 1 aromatic rings. The molecule has 0 spiro atoms. The van der Waals surface area contributed by atoms with Gasteiger partial charge in [0.1, 0.15) is 0 Å². The highest BCUT2D eigenvalue weighted by atomic mass is 32.1. The van der Waals surface area contributed by atoms with Gasteiger partial charge in [-0.15, -0.1) is 11.3 Å². The van der Waals surface area contributed by atoms with Crippen LogP contribution in [0.2, 0.25) is 0 Å². The number of nitrogens with one attached hydrogen (secondary N) is 1. The van der Waals surface area contributed by atoms with Gasteiger partial charge < -0.3 is 10.1 Å². The van der Waals surface area contributed by atoms with E-state index in [1.54, 1.807) is 0 Å². The highest BCUT2D eigenvalue weighted by Gasteiger charge is 2.25. The summed E-state index contributed by atoms with van der Waals surface area (Å²) in [6, 6.07) is 4.86. The van der Waals surface area contributed by atoms with E-state index in [1.807, 2.05) is 11.3 Å². The topological polar surface area (TPSA) is 24.5 Å². The van der Waals surface area contributed by atoms with E-state index in [0.717, 1.165) is 19.6 Å². The van der Waals surface area contributed by atoms with Gasteiger partial charge in [-0.25, -0.2) is 0 Å². The van der Waals surface area contributed by atoms with Crippen molar-refractivity contribution in [1.82, 2.24) is 10.2 Å². The van der Waals surface area contributed by atoms with Crippen LogP contribution in [-0.4, -0.2) is 43.3 Å². The lowest BCUT2D eigenvalue weighted by atomic mass is 10.2. The number of hydrogen-bond acceptors (Lipinski definition) is 4. The Hall–Kier alpha value is -0.420. The highest BCUT2D eigenvalue weighted by Crippen LogP contribution is 2.21. The molecule has 1 N–H and O–H groups in total. The van der Waals surface area contributed by atoms with Crippen LogP contribution in [0, 0.1) is 0 Å². The van der Waals surface area contributed by atoms with Crippen LogP contribution in [0.5, 0.6) is 0 Å². The Morgan fingerprint density at radius 2 is 2.21 bits per heavy atom. The summed E-state index contributed by atoms with van der Waals surface area (Å²) in [5.41, 5.74) is 0. The maximum Gasteiger partial charge on any atom is 0.0707 e. The molecule has 0 aromatic carbocycles. The maximum atomic E-state index is 6.10. The van der Waals surface area contributed by atoms with E-state index in [-0.39, 0.29) is 0 Å². The molecule has 2 unspecified atom stereocenters. The van der Waals surface area contributed by atoms with Gasteiger partial charge in [-0.2, -0.15) is 0 Å². The number of ether oxygens (including phenoxy) is 1. The van der Waals surface area contributed by atoms with Crippen LogP contribution >= 0.6 is 11.3 Å². The second kappa shape index (κ2) is 7.39. The second-order valence-corrected chi connectivity index (χ2v) is 6.83. The lowest BCUT2D eigenvalue weighted by molar-refractivity contribution is 0.0261. The molecule has 1 aromatic heterocycles. The second-order valence-electron chi connectivity index (χ2n) is 5.80. The fraction of sp³-hybridized carbons (Fsp3) is 0.733. The molecule has 3 nitrogen and oxygen atoms in total. The van der Waals surface area contributed by atoms with Crippen LogP contribution < -0.4 is 5.32 Å². The lowest BCUT2D eigenvalue weighted by Crippen LogP contribution is -2.34. The Labute approximate surface area is 121 Å². The van der Waals surface area contributed by atoms with Gasteiger partial charge in [0.15, 0.2) is 0 Å². The quantitative estimate of drug-likeness (QED) is 0.832. The van der Waals surface area contributed by atoms with Gasteiger partial charge in [0.05, 0.1) is 12.2 Å². The molecule has 4 heteroatoms. The number of thiophene rings is 1. The third-order valence-corrected chi connectivity index (χ3v) is 4.33. The Morgan fingerprint density at radius 3 is 2.89 bits per heavy atom. The normalized spacial score (nSPS) is 23.6. The van der Waals surface area contributed by atoms with E-state index in [0.29, 0.717) is 18.2 Å². The van der Waals surface area contributed by atoms with Crippen molar-refractivity contribution in [3.8, 4) is 0 Å². The zero-order valence-corrected chi connectivity index (χ0v) is 13.1. The molecule has 1 fully saturated rings. The smallest absolute Gasteiger partial charge is 0.0707 e. The summed E-state index contributed by atoms with van der Waals surface area (Å²) in [6.07, 6.45) is 3.20. The van der Waals surface area contributed by atoms with Gasteiger partial charge in [-0.3, -0.25) is 4.90 Å². The largest absolute Gasteiger partial charge is 0.372 e. The van der Waals surface area contributed by atoms with Gasteiger partial charge in [-0.1, -0.05) is 19.9 Å². The minimum Gasteiger partial charge on any atom is -0.372 e. The molecule has 0 amide bonds. The molecule has 1 aliphatic rings. The van der Waals surface area contributed by atoms with Crippen LogP contribution in [0.4, 0.5) is 0 Å². The molecule has 2 rings (SSSR count). The SMILES string of the molecule is CC(C)NCC1CCC(CN(C)Cc2cccs2)O1. The third kappa shape index (κ3) is 5.22. The monoisotopic (exact) mass is 282 g/mol. The van der Waals surface area contributed by atoms with Crippen LogP contribution in [-0.2, 0) is 11.3 Å². The first-order chi connectivity index (χ1) is 9.13. The average molecular weight is 282 g/mol. The number of hydrogen-bond donors (Lipinski definition) is 1. The third-order valence-electron chi connectivity index (χ3n) is 3.47. The summed E-state index contributed by atoms with van der Waals surface area (Å²) in [4.78, 5) is 3.80. The van der Waals surface area contributed by atoms with Crippen LogP contribution in [0.1, 0.15) is 31.6 Å². The van der Waals surface area contributed by atoms with Crippen molar-refractivity contribution < 1.29 is 4.74 Å². The van der Waals surface area contributed by atoms with Crippen molar-refractivity contribution in [2.24, 2.45) is 0 Å². The first-order valence-corrected chi connectivity index (χ1v) is 8.11. The standard InChI is InChI=1S/C15H26N2OS/c1-12(2)16-9-13-6-7-14(18-13)10-17(3)11-15-5-4-8-19-15/h4-5,8,12-14,16H,6-7,9-11H2,1-3H3. The molecule has 1 saturated heterocycles. The zero-order chi connectivity index (χ0) is 13.7. The molecular formula is C15H26N2OS. The predicted molar refractivity (Wildman–Crippen MR) is 81.7 cm³/mol. The van der Waals surface area contributed by atoms with Crippen molar-refractivity contribution in [2.45, 2.75) is 51.5 Å². The van der Waals surface area contributed by atoms with E-state index >= 15 is 0 Å². The summed E-state index contributed by atoms with van der Waals surface area (Å²) >= 11 is 1.83. The van der Waals surface area contributed by atoms with Gasteiger partial charge in [0, 0.05) is 30.6 Å². The van der Waals surface area contributed by atoms with Crippen molar-refractivity contribution in [3.05, 3.63) is 22.4 Å². The summed E-state index contributed by atoms with van der Waals surface area (Å²) in [5, 5.41) is 5.60. The molecular weight excluding hydrogens is 256 g/mol. The Balaban J connectivity index is 1.66. The van der Waals surface area contributed by atoms with Crippen LogP contribution in [0.15, 0.2) is 17.5 Å². The Kier molecular flexibility index (Phi) is 5.82. The van der Waals surface area contributed by atoms with Gasteiger partial charge in [0.25, 0.3) is 0 Å². The van der Waals surface area contributed by atoms with Crippen LogP contribution in [0.25, 0.3) is 0 Å². The molecule has 0 bridgehead atoms. The molecule has 19 heavy (non-hydrogen) atoms. The Morgan fingerprint density at radius 1 is 1.42 bits per heavy atom. The van der Waals surface area contributed by atoms with Crippen molar-refractivity contribution in [2.75, 3.05) is 20.1 Å². The molecule has 1 aliphatic heterocycles. The molecule has 2 atom stereocenters. The van der Waals surface area contributed by atoms with Gasteiger partial charge >= 0.3 is 0 Å². The van der Waals surface area contributed by atoms with E-state index in [4.69, 9.17) is 4.74 Å². The van der Waals surface area contributed by atoms with E-state index in [2.05, 4.69) is 48.6 Å². The van der Waals surface area contributed by atoms with Crippen molar-refractivity contribution in [1.29, 1.82) is 0 Å². The fourth-order valence-corrected chi connectivity index (χ4v) is 3.30. The van der Waals surface area contributed by atoms with Gasteiger partial charge in [0.2, 0.25) is 0 Å². The molecule has 108 valence electrons. The van der Waals surface area contributed by atoms with Crippen molar-refractivity contribution in [3.63, 3.8) is 0 Å². The van der Waals surface area contributed by atoms with E-state index in [1.165, 1.54) is 17.7 Å². The van der Waals surface area contributed by atoms with Gasteiger partial charge in [-0.05, 0) is 31.3 Å². The number of rotatable bonds is 7. The predicted octanol–water partition coefficient (Wildman–Crippen LogP) is 2.73. The summed E-state index contributed by atoms with van der Waals surface area (Å²) in [7, 11) is 2.18. The summed E-state index contributed by atoms with van der Waals surface area (Å²) in [5.74, 6) is 0. The first-order valence-electron chi connectivity index (χ1n) is 7.23. The molecule has 2 heterocycles. The number of nitrogens with zero attached hydrogens (tertiary/aromatic N) is 1. The molecule has 0 aliphatic carbocycles. The maximum absolute atomic E-state index is 6.10. The van der Waals surface area contributed by atoms with Crippen LogP contribution in [0.3, 0.4) is 0 Å². The Bertz CT molecular complexity index is 353. The van der Waals surface area contributed by atoms with E-state index in [9.17, 15) is 0 Å². The minimum absolute atomic E-state index is 0.405. The lowest BCUT2D eigenvalue weighted by Gasteiger charge is -2.21. The highest BCUT2D eigenvalue weighted by molar-refractivity contribution is 7.09. The van der Waals surface area contributed by atoms with E-state index < -0.39 is 0 Å². The average Bonchev–Trinajstić information content (AvgIpc) is 2.98. The molecule has 0 saturated carbocycles. The summed E-state index contributed by atoms with van der Waals surface area (Å²) < 4.78 is 6.10. The number of likely N-dealkylation sites (N-methyl/N-ethyl adjacent to an activating group) is 1. The zero-order valence-electron chi connectivity index (χ0n) is 12.3.